The van der Waals surface area contributed by atoms with E-state index in [0.717, 1.165) is 21.9 Å². The van der Waals surface area contributed by atoms with Crippen molar-refractivity contribution in [3.05, 3.63) is 90.5 Å². The van der Waals surface area contributed by atoms with Crippen LogP contribution in [0.3, 0.4) is 0 Å². The van der Waals surface area contributed by atoms with E-state index in [0.29, 0.717) is 14.9 Å². The molecule has 150 valence electrons. The molecule has 2 N–H and O–H groups in total. The molecule has 2 aromatic carbocycles. The lowest BCUT2D eigenvalue weighted by Crippen LogP contribution is -2.43. The summed E-state index contributed by atoms with van der Waals surface area (Å²) < 4.78 is 2.12. The molecule has 3 aromatic rings. The summed E-state index contributed by atoms with van der Waals surface area (Å²) in [6.45, 7) is 0.146. The van der Waals surface area contributed by atoms with Crippen molar-refractivity contribution in [1.82, 2.24) is 9.13 Å². The van der Waals surface area contributed by atoms with Crippen molar-refractivity contribution in [2.45, 2.75) is 11.4 Å². The van der Waals surface area contributed by atoms with Gasteiger partial charge in [0, 0.05) is 17.0 Å². The highest BCUT2D eigenvalue weighted by atomic mass is 35.5. The number of thioether (sulfide) groups is 1. The molecule has 9 heteroatoms. The molecule has 0 fully saturated rings. The van der Waals surface area contributed by atoms with Crippen LogP contribution in [0, 0.1) is 0 Å². The van der Waals surface area contributed by atoms with Crippen LogP contribution < -0.4 is 17.0 Å². The van der Waals surface area contributed by atoms with Crippen LogP contribution in [0.2, 0.25) is 10.0 Å². The number of nitrogens with two attached hydrogens (primary N) is 1. The molecule has 0 unspecified atom stereocenters. The Kier molecular flexibility index (Phi) is 6.52. The predicted octanol–water partition coefficient (Wildman–Crippen LogP) is 3.46. The Morgan fingerprint density at radius 1 is 1.10 bits per heavy atom. The molecular weight excluding hydrogens is 433 g/mol. The summed E-state index contributed by atoms with van der Waals surface area (Å²) >= 11 is 13.2. The summed E-state index contributed by atoms with van der Waals surface area (Å²) in [5.74, 6) is -0.723. The molecule has 29 heavy (non-hydrogen) atoms. The van der Waals surface area contributed by atoms with Crippen molar-refractivity contribution in [3.63, 3.8) is 0 Å². The van der Waals surface area contributed by atoms with Gasteiger partial charge in [0.1, 0.15) is 11.4 Å². The largest absolute Gasteiger partial charge is 0.384 e. The third-order valence-corrected chi connectivity index (χ3v) is 6.03. The van der Waals surface area contributed by atoms with Crippen LogP contribution in [0.5, 0.6) is 0 Å². The van der Waals surface area contributed by atoms with Crippen LogP contribution in [0.15, 0.2) is 63.0 Å². The SMILES string of the molecule is Cn1c(=O)c(C(=O)CSc2cc(Cl)ccc2Cl)c(N)n(Cc2ccccc2)c1=O. The van der Waals surface area contributed by atoms with E-state index in [4.69, 9.17) is 28.9 Å². The number of hydrogen-bond acceptors (Lipinski definition) is 5. The van der Waals surface area contributed by atoms with E-state index >= 15 is 0 Å². The van der Waals surface area contributed by atoms with Crippen LogP contribution in [0.25, 0.3) is 0 Å². The third kappa shape index (κ3) is 4.58. The number of hydrogen-bond donors (Lipinski definition) is 1. The van der Waals surface area contributed by atoms with Crippen LogP contribution in [0.4, 0.5) is 5.82 Å². The number of halogens is 2. The smallest absolute Gasteiger partial charge is 0.332 e. The molecule has 0 aliphatic carbocycles. The molecule has 3 rings (SSSR count). The first-order chi connectivity index (χ1) is 13.8. The van der Waals surface area contributed by atoms with E-state index in [9.17, 15) is 14.4 Å². The highest BCUT2D eigenvalue weighted by Gasteiger charge is 2.22. The zero-order valence-electron chi connectivity index (χ0n) is 15.4. The fourth-order valence-corrected chi connectivity index (χ4v) is 4.13. The first-order valence-electron chi connectivity index (χ1n) is 8.54. The summed E-state index contributed by atoms with van der Waals surface area (Å²) in [5.41, 5.74) is 5.39. The van der Waals surface area contributed by atoms with E-state index in [1.807, 2.05) is 30.3 Å². The quantitative estimate of drug-likeness (QED) is 0.459. The predicted molar refractivity (Wildman–Crippen MR) is 117 cm³/mol. The lowest BCUT2D eigenvalue weighted by atomic mass is 10.2. The molecule has 0 bridgehead atoms. The zero-order chi connectivity index (χ0) is 21.1. The maximum absolute atomic E-state index is 12.8. The van der Waals surface area contributed by atoms with Gasteiger partial charge in [0.15, 0.2) is 5.78 Å². The molecular formula is C20H17Cl2N3O3S. The summed E-state index contributed by atoms with van der Waals surface area (Å²) in [4.78, 5) is 38.6. The molecule has 1 heterocycles. The number of anilines is 1. The number of nitrogen functional groups attached to an aromatic ring is 1. The standard InChI is InChI=1S/C20H17Cl2N3O3S/c1-24-19(27)17(15(26)11-29-16-9-13(21)7-8-14(16)22)18(23)25(20(24)28)10-12-5-3-2-4-6-12/h2-9H,10-11,23H2,1H3. The minimum Gasteiger partial charge on any atom is -0.384 e. The minimum absolute atomic E-state index is 0.0803. The van der Waals surface area contributed by atoms with E-state index in [1.54, 1.807) is 18.2 Å². The Morgan fingerprint density at radius 3 is 2.48 bits per heavy atom. The number of rotatable bonds is 6. The van der Waals surface area contributed by atoms with Gasteiger partial charge in [-0.25, -0.2) is 4.79 Å². The zero-order valence-corrected chi connectivity index (χ0v) is 17.7. The lowest BCUT2D eigenvalue weighted by Gasteiger charge is -2.14. The van der Waals surface area contributed by atoms with E-state index in [1.165, 1.54) is 11.6 Å². The number of nitrogens with zero attached hydrogens (tertiary/aromatic N) is 2. The molecule has 0 radical (unpaired) electrons. The minimum atomic E-state index is -0.723. The number of carbonyl (C=O) groups excluding carboxylic acids is 1. The Morgan fingerprint density at radius 2 is 1.79 bits per heavy atom. The Hall–Kier alpha value is -2.48. The van der Waals surface area contributed by atoms with Gasteiger partial charge in [-0.2, -0.15) is 0 Å². The Balaban J connectivity index is 1.96. The molecule has 0 saturated heterocycles. The van der Waals surface area contributed by atoms with Gasteiger partial charge < -0.3 is 5.73 Å². The van der Waals surface area contributed by atoms with E-state index in [-0.39, 0.29) is 23.7 Å². The molecule has 0 spiro atoms. The monoisotopic (exact) mass is 449 g/mol. The second-order valence-electron chi connectivity index (χ2n) is 6.27. The van der Waals surface area contributed by atoms with Crippen molar-refractivity contribution >= 4 is 46.6 Å². The first-order valence-corrected chi connectivity index (χ1v) is 10.3. The van der Waals surface area contributed by atoms with Crippen LogP contribution >= 0.6 is 35.0 Å². The summed E-state index contributed by atoms with van der Waals surface area (Å²) in [6, 6.07) is 14.1. The Bertz CT molecular complexity index is 1190. The summed E-state index contributed by atoms with van der Waals surface area (Å²) in [6.07, 6.45) is 0. The maximum atomic E-state index is 12.8. The lowest BCUT2D eigenvalue weighted by molar-refractivity contribution is 0.102. The maximum Gasteiger partial charge on any atom is 0.332 e. The van der Waals surface area contributed by atoms with Gasteiger partial charge in [-0.05, 0) is 23.8 Å². The molecule has 6 nitrogen and oxygen atoms in total. The average molecular weight is 450 g/mol. The Labute approximate surface area is 180 Å². The summed E-state index contributed by atoms with van der Waals surface area (Å²) in [7, 11) is 1.32. The van der Waals surface area contributed by atoms with Gasteiger partial charge in [-0.15, -0.1) is 11.8 Å². The van der Waals surface area contributed by atoms with E-state index < -0.39 is 17.0 Å². The molecule has 0 amide bonds. The molecule has 0 atom stereocenters. The second-order valence-corrected chi connectivity index (χ2v) is 8.13. The van der Waals surface area contributed by atoms with Gasteiger partial charge in [0.2, 0.25) is 0 Å². The van der Waals surface area contributed by atoms with Crippen molar-refractivity contribution in [1.29, 1.82) is 0 Å². The van der Waals surface area contributed by atoms with Crippen molar-refractivity contribution in [2.75, 3.05) is 11.5 Å². The second kappa shape index (κ2) is 8.90. The van der Waals surface area contributed by atoms with Crippen LogP contribution in [-0.2, 0) is 13.6 Å². The molecule has 0 aliphatic heterocycles. The van der Waals surface area contributed by atoms with Gasteiger partial charge in [-0.3, -0.25) is 18.7 Å². The van der Waals surface area contributed by atoms with Crippen molar-refractivity contribution in [3.8, 4) is 0 Å². The van der Waals surface area contributed by atoms with Gasteiger partial charge in [0.05, 0.1) is 17.3 Å². The van der Waals surface area contributed by atoms with Crippen molar-refractivity contribution in [2.24, 2.45) is 7.05 Å². The number of aromatic nitrogens is 2. The molecule has 0 aliphatic rings. The van der Waals surface area contributed by atoms with E-state index in [2.05, 4.69) is 0 Å². The normalized spacial score (nSPS) is 10.9. The van der Waals surface area contributed by atoms with Crippen LogP contribution in [-0.4, -0.2) is 20.7 Å². The van der Waals surface area contributed by atoms with Gasteiger partial charge in [-0.1, -0.05) is 53.5 Å². The van der Waals surface area contributed by atoms with Gasteiger partial charge >= 0.3 is 5.69 Å². The first kappa shape index (κ1) is 21.2. The van der Waals surface area contributed by atoms with Crippen LogP contribution in [0.1, 0.15) is 15.9 Å². The highest BCUT2D eigenvalue weighted by Crippen LogP contribution is 2.30. The molecule has 0 saturated carbocycles. The number of ketones is 1. The number of carbonyl (C=O) groups is 1. The highest BCUT2D eigenvalue weighted by molar-refractivity contribution is 8.00. The summed E-state index contributed by atoms with van der Waals surface area (Å²) in [5, 5.41) is 0.929. The number of Topliss-reactive ketones (excluding diaryl/α,β-unsaturated/α-hetero) is 1. The fraction of sp³-hybridized carbons (Fsp3) is 0.150. The number of benzene rings is 2. The average Bonchev–Trinajstić information content (AvgIpc) is 2.71. The fourth-order valence-electron chi connectivity index (χ4n) is 2.77. The van der Waals surface area contributed by atoms with Crippen molar-refractivity contribution < 1.29 is 4.79 Å². The van der Waals surface area contributed by atoms with Gasteiger partial charge in [0.25, 0.3) is 5.56 Å². The molecule has 1 aromatic heterocycles. The topological polar surface area (TPSA) is 87.1 Å². The third-order valence-electron chi connectivity index (χ3n) is 4.30.